The monoisotopic (exact) mass is 461 g/mol. The first-order valence-electron chi connectivity index (χ1n) is 12.5. The fraction of sp³-hybridized carbons (Fsp3) is 0.643. The van der Waals surface area contributed by atoms with Gasteiger partial charge in [-0.2, -0.15) is 0 Å². The zero-order valence-corrected chi connectivity index (χ0v) is 24.6. The van der Waals surface area contributed by atoms with Crippen molar-refractivity contribution < 1.29 is 14.6 Å². The van der Waals surface area contributed by atoms with Crippen LogP contribution in [0.2, 0.25) is 27.8 Å². The average Bonchev–Trinajstić information content (AvgIpc) is 2.84. The molecule has 0 aromatic heterocycles. The van der Waals surface area contributed by atoms with Crippen molar-refractivity contribution in [3.05, 3.63) is 49.9 Å². The van der Waals surface area contributed by atoms with Crippen LogP contribution >= 0.6 is 0 Å². The molecule has 1 aliphatic carbocycles. The molecule has 0 bridgehead atoms. The van der Waals surface area contributed by atoms with E-state index in [2.05, 4.69) is 89.3 Å². The number of aryl methyl sites for hydroxylation is 2. The molecule has 0 heterocycles. The van der Waals surface area contributed by atoms with Crippen molar-refractivity contribution in [2.75, 3.05) is 0 Å². The Bertz CT molecular complexity index is 819. The van der Waals surface area contributed by atoms with Crippen molar-refractivity contribution in [3.63, 3.8) is 0 Å². The molecule has 1 aromatic rings. The summed E-state index contributed by atoms with van der Waals surface area (Å²) in [5.74, 6) is -1.09. The molecule has 30 heavy (non-hydrogen) atoms. The van der Waals surface area contributed by atoms with E-state index in [1.807, 2.05) is 3.88 Å². The Morgan fingerprint density at radius 2 is 1.23 bits per heavy atom. The molecule has 0 amide bonds. The number of rotatable bonds is 9. The summed E-state index contributed by atoms with van der Waals surface area (Å²) in [6.45, 7) is 19.2. The molecule has 0 radical (unpaired) electrons. The van der Waals surface area contributed by atoms with E-state index in [-0.39, 0.29) is 0 Å². The van der Waals surface area contributed by atoms with E-state index < -0.39 is 20.5 Å². The molecule has 1 atom stereocenters. The molecule has 169 valence electrons. The molecule has 0 nitrogen and oxygen atoms in total. The summed E-state index contributed by atoms with van der Waals surface area (Å²) in [4.78, 5) is 0. The van der Waals surface area contributed by atoms with Crippen molar-refractivity contribution in [2.24, 2.45) is 5.92 Å². The molecular formula is C28H49SiTi. The van der Waals surface area contributed by atoms with Gasteiger partial charge in [0, 0.05) is 0 Å². The molecule has 2 heteroatoms. The first-order valence-corrected chi connectivity index (χ1v) is 22.7. The van der Waals surface area contributed by atoms with Gasteiger partial charge in [0.2, 0.25) is 0 Å². The topological polar surface area (TPSA) is 0 Å². The Morgan fingerprint density at radius 3 is 1.60 bits per heavy atom. The molecule has 1 aliphatic rings. The Kier molecular flexibility index (Phi) is 7.98. The molecule has 0 saturated carbocycles. The van der Waals surface area contributed by atoms with Gasteiger partial charge in [0.05, 0.1) is 0 Å². The summed E-state index contributed by atoms with van der Waals surface area (Å²) in [6, 6.07) is 10.6. The predicted molar refractivity (Wildman–Crippen MR) is 139 cm³/mol. The van der Waals surface area contributed by atoms with Crippen LogP contribution in [0.25, 0.3) is 0 Å². The molecule has 1 aromatic carbocycles. The summed E-state index contributed by atoms with van der Waals surface area (Å²) >= 11 is -3.06. The second-order valence-electron chi connectivity index (χ2n) is 11.9. The van der Waals surface area contributed by atoms with Crippen molar-refractivity contribution >= 4 is 11.1 Å². The third kappa shape index (κ3) is 4.28. The molecule has 0 fully saturated rings. The van der Waals surface area contributed by atoms with Crippen LogP contribution in [-0.2, 0) is 14.6 Å². The first-order chi connectivity index (χ1) is 13.8. The van der Waals surface area contributed by atoms with E-state index in [9.17, 15) is 0 Å². The van der Waals surface area contributed by atoms with Gasteiger partial charge in [-0.25, -0.2) is 0 Å². The summed E-state index contributed by atoms with van der Waals surface area (Å²) in [6.07, 6.45) is 5.42. The Morgan fingerprint density at radius 1 is 0.767 bits per heavy atom. The SMILES string of the molecule is CCCC[Si](CCCC)(c1cc(C)cc(C)c1)[Ti]([CH3])([CH3])([CH3])[C]1=C(C)C(C)=C(C)C1C. The van der Waals surface area contributed by atoms with Crippen LogP contribution in [-0.4, -0.2) is 5.94 Å². The molecule has 1 unspecified atom stereocenters. The Balaban J connectivity index is 2.89. The molecule has 2 rings (SSSR count). The predicted octanol–water partition coefficient (Wildman–Crippen LogP) is 9.15. The minimum atomic E-state index is -3.06. The second-order valence-corrected chi connectivity index (χ2v) is 37.9. The zero-order chi connectivity index (χ0) is 22.9. The third-order valence-electron chi connectivity index (χ3n) is 8.95. The van der Waals surface area contributed by atoms with E-state index in [0.717, 1.165) is 0 Å². The summed E-state index contributed by atoms with van der Waals surface area (Å²) in [5.41, 5.74) is 7.82. The maximum absolute atomic E-state index is 3.06. The van der Waals surface area contributed by atoms with Crippen LogP contribution in [0.15, 0.2) is 38.8 Å². The second kappa shape index (κ2) is 9.24. The number of hydrogen-bond donors (Lipinski definition) is 0. The van der Waals surface area contributed by atoms with E-state index in [0.29, 0.717) is 5.92 Å². The fourth-order valence-electron chi connectivity index (χ4n) is 7.04. The van der Waals surface area contributed by atoms with Crippen molar-refractivity contribution in [2.45, 2.75) is 109 Å². The molecule has 0 N–H and O–H groups in total. The average molecular weight is 462 g/mol. The first kappa shape index (κ1) is 25.9. The zero-order valence-electron chi connectivity index (χ0n) is 22.1. The van der Waals surface area contributed by atoms with Crippen LogP contribution in [0.4, 0.5) is 0 Å². The number of hydrogen-bond acceptors (Lipinski definition) is 0. The van der Waals surface area contributed by atoms with Gasteiger partial charge in [0.1, 0.15) is 0 Å². The standard InChI is InChI=1S/C16H27Si.C9H13.3CH3.Ti/c1-5-7-9-17(10-8-6-2)16-12-14(3)11-15(4)13-16;1-6-5-7(2)9(4)8(6)3;;;;/h11-13H,5-10H2,1-4H3;6H,1-4H3;3*1H3;. The fourth-order valence-corrected chi connectivity index (χ4v) is 38.5. The Labute approximate surface area is 189 Å². The van der Waals surface area contributed by atoms with E-state index in [1.165, 1.54) is 48.9 Å². The van der Waals surface area contributed by atoms with Crippen LogP contribution in [0, 0.1) is 19.8 Å². The van der Waals surface area contributed by atoms with Gasteiger partial charge in [0.15, 0.2) is 0 Å². The van der Waals surface area contributed by atoms with E-state index in [4.69, 9.17) is 0 Å². The van der Waals surface area contributed by atoms with Gasteiger partial charge < -0.3 is 0 Å². The van der Waals surface area contributed by atoms with E-state index >= 15 is 0 Å². The number of allylic oxidation sites excluding steroid dienone is 4. The van der Waals surface area contributed by atoms with Gasteiger partial charge in [-0.3, -0.25) is 0 Å². The number of unbranched alkanes of at least 4 members (excludes halogenated alkanes) is 2. The van der Waals surface area contributed by atoms with Crippen molar-refractivity contribution in [1.82, 2.24) is 0 Å². The summed E-state index contributed by atoms with van der Waals surface area (Å²) in [7, 11) is 0. The third-order valence-corrected chi connectivity index (χ3v) is 40.8. The van der Waals surface area contributed by atoms with Crippen LogP contribution in [0.1, 0.15) is 78.4 Å². The number of benzene rings is 1. The molecule has 0 aliphatic heterocycles. The van der Waals surface area contributed by atoms with Crippen LogP contribution < -0.4 is 5.19 Å². The van der Waals surface area contributed by atoms with Crippen LogP contribution in [0.3, 0.4) is 0 Å². The van der Waals surface area contributed by atoms with Gasteiger partial charge in [-0.05, 0) is 0 Å². The van der Waals surface area contributed by atoms with Gasteiger partial charge in [-0.15, -0.1) is 0 Å². The molecule has 0 saturated heterocycles. The minimum absolute atomic E-state index is 0.642. The molecular weight excluding hydrogens is 412 g/mol. The van der Waals surface area contributed by atoms with Crippen molar-refractivity contribution in [1.29, 1.82) is 0 Å². The molecule has 0 spiro atoms. The maximum atomic E-state index is 2.84. The van der Waals surface area contributed by atoms with E-state index in [1.54, 1.807) is 21.9 Å². The van der Waals surface area contributed by atoms with Crippen LogP contribution in [0.5, 0.6) is 0 Å². The quantitative estimate of drug-likeness (QED) is 0.322. The van der Waals surface area contributed by atoms with Gasteiger partial charge in [-0.1, -0.05) is 0 Å². The summed E-state index contributed by atoms with van der Waals surface area (Å²) in [5, 5.41) is 10.3. The Hall–Kier alpha value is -0.369. The normalized spacial score (nSPS) is 19.4. The van der Waals surface area contributed by atoms with Gasteiger partial charge >= 0.3 is 190 Å². The van der Waals surface area contributed by atoms with Gasteiger partial charge in [0.25, 0.3) is 0 Å². The van der Waals surface area contributed by atoms with Crippen molar-refractivity contribution in [3.8, 4) is 0 Å². The summed E-state index contributed by atoms with van der Waals surface area (Å²) < 4.78 is 1.93.